The van der Waals surface area contributed by atoms with Gasteiger partial charge in [-0.15, -0.1) is 0 Å². The minimum absolute atomic E-state index is 0.0288. The third-order valence-electron chi connectivity index (χ3n) is 5.18. The molecule has 2 atom stereocenters. The normalized spacial score (nSPS) is 23.7. The fraction of sp³-hybridized carbons (Fsp3) is 0.579. The van der Waals surface area contributed by atoms with Gasteiger partial charge < -0.3 is 10.0 Å². The van der Waals surface area contributed by atoms with E-state index in [1.54, 1.807) is 18.2 Å². The lowest BCUT2D eigenvalue weighted by molar-refractivity contribution is -0.142. The molecule has 1 aliphatic rings. The maximum absolute atomic E-state index is 13.0. The van der Waals surface area contributed by atoms with Gasteiger partial charge in [-0.1, -0.05) is 51.3 Å². The Kier molecular flexibility index (Phi) is 5.45. The molecule has 1 N–H and O–H groups in total. The molecule has 2 unspecified atom stereocenters. The molecule has 1 aromatic carbocycles. The molecule has 0 saturated carbocycles. The van der Waals surface area contributed by atoms with Gasteiger partial charge in [0.05, 0.1) is 5.54 Å². The van der Waals surface area contributed by atoms with E-state index in [-0.39, 0.29) is 5.91 Å². The summed E-state index contributed by atoms with van der Waals surface area (Å²) in [5, 5.41) is 9.83. The number of rotatable bonds is 7. The van der Waals surface area contributed by atoms with Crippen LogP contribution in [0.3, 0.4) is 0 Å². The predicted octanol–water partition coefficient (Wildman–Crippen LogP) is 4.06. The van der Waals surface area contributed by atoms with Crippen molar-refractivity contribution in [2.75, 3.05) is 6.54 Å². The van der Waals surface area contributed by atoms with Crippen LogP contribution in [-0.2, 0) is 4.79 Å². The van der Waals surface area contributed by atoms with Crippen molar-refractivity contribution in [2.24, 2.45) is 0 Å². The van der Waals surface area contributed by atoms with Crippen LogP contribution in [0.15, 0.2) is 24.3 Å². The van der Waals surface area contributed by atoms with Crippen molar-refractivity contribution in [1.82, 2.24) is 4.90 Å². The smallest absolute Gasteiger partial charge is 0.313 e. The van der Waals surface area contributed by atoms with Gasteiger partial charge in [0.1, 0.15) is 5.92 Å². The summed E-state index contributed by atoms with van der Waals surface area (Å²) in [6, 6.07) is 7.16. The second-order valence-corrected chi connectivity index (χ2v) is 6.59. The number of aliphatic carboxylic acids is 1. The highest BCUT2D eigenvalue weighted by atomic mass is 16.4. The fourth-order valence-electron chi connectivity index (χ4n) is 3.66. The molecule has 0 fully saturated rings. The van der Waals surface area contributed by atoms with Crippen molar-refractivity contribution >= 4 is 11.9 Å². The summed E-state index contributed by atoms with van der Waals surface area (Å²) in [7, 11) is 0. The molecule has 0 spiro atoms. The van der Waals surface area contributed by atoms with Crippen LogP contribution >= 0.6 is 0 Å². The lowest BCUT2D eigenvalue weighted by Gasteiger charge is -2.48. The molecule has 0 aromatic heterocycles. The van der Waals surface area contributed by atoms with Crippen molar-refractivity contribution in [3.63, 3.8) is 0 Å². The Labute approximate surface area is 138 Å². The molecule has 1 amide bonds. The zero-order valence-electron chi connectivity index (χ0n) is 14.3. The maximum Gasteiger partial charge on any atom is 0.313 e. The first-order valence-corrected chi connectivity index (χ1v) is 8.61. The number of unbranched alkanes of at least 4 members (excludes halogenated alkanes) is 3. The SMILES string of the molecule is CCCCCCN1C(=O)c2ccccc2C(C(=O)O)C1(C)CC. The van der Waals surface area contributed by atoms with Gasteiger partial charge in [-0.25, -0.2) is 0 Å². The Morgan fingerprint density at radius 3 is 2.52 bits per heavy atom. The standard InChI is InChI=1S/C19H27NO3/c1-4-6-7-10-13-20-17(21)15-12-9-8-11-14(15)16(18(22)23)19(20,3)5-2/h8-9,11-12,16H,4-7,10,13H2,1-3H3,(H,22,23). The number of nitrogens with zero attached hydrogens (tertiary/aromatic N) is 1. The summed E-state index contributed by atoms with van der Waals surface area (Å²) in [5.74, 6) is -1.56. The molecular weight excluding hydrogens is 290 g/mol. The molecule has 2 rings (SSSR count). The second kappa shape index (κ2) is 7.16. The quantitative estimate of drug-likeness (QED) is 0.772. The van der Waals surface area contributed by atoms with Gasteiger partial charge in [0, 0.05) is 12.1 Å². The molecule has 1 aromatic rings. The van der Waals surface area contributed by atoms with Crippen LogP contribution in [0.5, 0.6) is 0 Å². The number of hydrogen-bond acceptors (Lipinski definition) is 2. The van der Waals surface area contributed by atoms with E-state index in [2.05, 4.69) is 6.92 Å². The van der Waals surface area contributed by atoms with E-state index in [0.717, 1.165) is 25.7 Å². The van der Waals surface area contributed by atoms with E-state index < -0.39 is 17.4 Å². The molecule has 126 valence electrons. The number of hydrogen-bond donors (Lipinski definition) is 1. The summed E-state index contributed by atoms with van der Waals surface area (Å²) in [5.41, 5.74) is 0.518. The van der Waals surface area contributed by atoms with E-state index in [9.17, 15) is 14.7 Å². The van der Waals surface area contributed by atoms with Gasteiger partial charge in [-0.3, -0.25) is 9.59 Å². The second-order valence-electron chi connectivity index (χ2n) is 6.59. The summed E-state index contributed by atoms with van der Waals surface area (Å²) in [6.07, 6.45) is 4.89. The maximum atomic E-state index is 13.0. The third kappa shape index (κ3) is 3.12. The van der Waals surface area contributed by atoms with Crippen LogP contribution in [-0.4, -0.2) is 34.0 Å². The van der Waals surface area contributed by atoms with Gasteiger partial charge in [0.2, 0.25) is 0 Å². The third-order valence-corrected chi connectivity index (χ3v) is 5.18. The van der Waals surface area contributed by atoms with Crippen molar-refractivity contribution in [2.45, 2.75) is 64.3 Å². The summed E-state index contributed by atoms with van der Waals surface area (Å²) in [4.78, 5) is 26.7. The summed E-state index contributed by atoms with van der Waals surface area (Å²) in [6.45, 7) is 6.66. The van der Waals surface area contributed by atoms with E-state index >= 15 is 0 Å². The highest BCUT2D eigenvalue weighted by molar-refractivity contribution is 6.00. The van der Waals surface area contributed by atoms with Crippen molar-refractivity contribution in [1.29, 1.82) is 0 Å². The first-order valence-electron chi connectivity index (χ1n) is 8.61. The molecule has 0 radical (unpaired) electrons. The van der Waals surface area contributed by atoms with Crippen LogP contribution in [0, 0.1) is 0 Å². The minimum atomic E-state index is -0.854. The minimum Gasteiger partial charge on any atom is -0.481 e. The van der Waals surface area contributed by atoms with Crippen LogP contribution in [0.1, 0.15) is 74.7 Å². The van der Waals surface area contributed by atoms with Crippen LogP contribution in [0.4, 0.5) is 0 Å². The zero-order chi connectivity index (χ0) is 17.0. The van der Waals surface area contributed by atoms with E-state index in [0.29, 0.717) is 24.1 Å². The van der Waals surface area contributed by atoms with Crippen LogP contribution < -0.4 is 0 Å². The monoisotopic (exact) mass is 317 g/mol. The molecule has 1 heterocycles. The largest absolute Gasteiger partial charge is 0.481 e. The molecule has 0 bridgehead atoms. The van der Waals surface area contributed by atoms with Gasteiger partial charge in [-0.05, 0) is 31.4 Å². The van der Waals surface area contributed by atoms with Crippen LogP contribution in [0.25, 0.3) is 0 Å². The molecule has 4 nitrogen and oxygen atoms in total. The molecule has 1 aliphatic heterocycles. The Bertz CT molecular complexity index is 584. The first-order chi connectivity index (χ1) is 11.0. The van der Waals surface area contributed by atoms with E-state index in [1.165, 1.54) is 0 Å². The van der Waals surface area contributed by atoms with E-state index in [1.807, 2.05) is 24.8 Å². The Morgan fingerprint density at radius 2 is 1.91 bits per heavy atom. The van der Waals surface area contributed by atoms with Crippen molar-refractivity contribution < 1.29 is 14.7 Å². The van der Waals surface area contributed by atoms with Gasteiger partial charge in [0.25, 0.3) is 5.91 Å². The average Bonchev–Trinajstić information content (AvgIpc) is 2.53. The zero-order valence-corrected chi connectivity index (χ0v) is 14.3. The summed E-state index contributed by atoms with van der Waals surface area (Å²) < 4.78 is 0. The summed E-state index contributed by atoms with van der Waals surface area (Å²) >= 11 is 0. The first kappa shape index (κ1) is 17.5. The highest BCUT2D eigenvalue weighted by Gasteiger charge is 2.50. The lowest BCUT2D eigenvalue weighted by atomic mass is 9.72. The fourth-order valence-corrected chi connectivity index (χ4v) is 3.66. The predicted molar refractivity (Wildman–Crippen MR) is 90.7 cm³/mol. The molecule has 0 aliphatic carbocycles. The van der Waals surface area contributed by atoms with Gasteiger partial charge in [-0.2, -0.15) is 0 Å². The van der Waals surface area contributed by atoms with Crippen LogP contribution in [0.2, 0.25) is 0 Å². The number of carbonyl (C=O) groups excluding carboxylic acids is 1. The Balaban J connectivity index is 2.41. The lowest BCUT2D eigenvalue weighted by Crippen LogP contribution is -2.58. The van der Waals surface area contributed by atoms with E-state index in [4.69, 9.17) is 0 Å². The Morgan fingerprint density at radius 1 is 1.22 bits per heavy atom. The molecule has 4 heteroatoms. The van der Waals surface area contributed by atoms with Crippen molar-refractivity contribution in [3.05, 3.63) is 35.4 Å². The number of fused-ring (bicyclic) bond motifs is 1. The number of benzene rings is 1. The number of carbonyl (C=O) groups is 2. The van der Waals surface area contributed by atoms with Crippen molar-refractivity contribution in [3.8, 4) is 0 Å². The topological polar surface area (TPSA) is 57.6 Å². The number of carboxylic acid groups (broad SMARTS) is 1. The molecule has 0 saturated heterocycles. The van der Waals surface area contributed by atoms with Gasteiger partial charge >= 0.3 is 5.97 Å². The van der Waals surface area contributed by atoms with Gasteiger partial charge in [0.15, 0.2) is 0 Å². The number of amides is 1. The molecule has 23 heavy (non-hydrogen) atoms. The Hall–Kier alpha value is -1.84. The highest BCUT2D eigenvalue weighted by Crippen LogP contribution is 2.43. The average molecular weight is 317 g/mol. The molecular formula is C19H27NO3. The number of carboxylic acids is 1.